The van der Waals surface area contributed by atoms with E-state index in [4.69, 9.17) is 11.6 Å². The Morgan fingerprint density at radius 3 is 2.76 bits per heavy atom. The summed E-state index contributed by atoms with van der Waals surface area (Å²) in [5.41, 5.74) is 6.70. The van der Waals surface area contributed by atoms with Gasteiger partial charge in [0.15, 0.2) is 0 Å². The summed E-state index contributed by atoms with van der Waals surface area (Å²) in [6.07, 6.45) is 8.39. The van der Waals surface area contributed by atoms with Crippen molar-refractivity contribution < 1.29 is 15.0 Å². The third-order valence-corrected chi connectivity index (χ3v) is 6.57. The van der Waals surface area contributed by atoms with Crippen molar-refractivity contribution >= 4 is 29.3 Å². The SMILES string of the molecule is CC1=CC=Cc2c(nc(Cl)nc2-c2ccc3c(c2)CCC(C)N3C(=O)c2ccc(O)cc2O)C1. The number of hydrogen-bond donors (Lipinski definition) is 2. The summed E-state index contributed by atoms with van der Waals surface area (Å²) < 4.78 is 0. The summed E-state index contributed by atoms with van der Waals surface area (Å²) in [7, 11) is 0. The van der Waals surface area contributed by atoms with Crippen LogP contribution in [0.3, 0.4) is 0 Å². The normalized spacial score (nSPS) is 17.0. The van der Waals surface area contributed by atoms with Gasteiger partial charge in [-0.25, -0.2) is 9.97 Å². The van der Waals surface area contributed by atoms with E-state index in [0.717, 1.165) is 46.6 Å². The molecule has 1 aliphatic carbocycles. The van der Waals surface area contributed by atoms with Gasteiger partial charge in [0.1, 0.15) is 11.5 Å². The van der Waals surface area contributed by atoms with Crippen LogP contribution in [0.15, 0.2) is 54.1 Å². The van der Waals surface area contributed by atoms with Crippen LogP contribution in [0.4, 0.5) is 5.69 Å². The maximum Gasteiger partial charge on any atom is 0.262 e. The van der Waals surface area contributed by atoms with E-state index in [0.29, 0.717) is 6.42 Å². The molecule has 1 aromatic heterocycles. The van der Waals surface area contributed by atoms with E-state index in [1.807, 2.05) is 31.2 Å². The minimum absolute atomic E-state index is 0.0409. The van der Waals surface area contributed by atoms with Crippen molar-refractivity contribution in [2.75, 3.05) is 4.90 Å². The highest BCUT2D eigenvalue weighted by atomic mass is 35.5. The van der Waals surface area contributed by atoms with Crippen LogP contribution in [0, 0.1) is 0 Å². The van der Waals surface area contributed by atoms with Crippen molar-refractivity contribution in [1.82, 2.24) is 9.97 Å². The van der Waals surface area contributed by atoms with E-state index >= 15 is 0 Å². The number of benzene rings is 2. The van der Waals surface area contributed by atoms with Crippen LogP contribution in [0.2, 0.25) is 5.28 Å². The molecule has 1 aliphatic heterocycles. The van der Waals surface area contributed by atoms with Gasteiger partial charge >= 0.3 is 0 Å². The van der Waals surface area contributed by atoms with Crippen LogP contribution in [-0.2, 0) is 12.8 Å². The average Bonchev–Trinajstić information content (AvgIpc) is 2.98. The molecule has 7 heteroatoms. The second-order valence-corrected chi connectivity index (χ2v) is 9.20. The van der Waals surface area contributed by atoms with Gasteiger partial charge in [-0.3, -0.25) is 4.79 Å². The summed E-state index contributed by atoms with van der Waals surface area (Å²) in [6.45, 7) is 4.06. The van der Waals surface area contributed by atoms with Crippen LogP contribution in [0.25, 0.3) is 17.3 Å². The van der Waals surface area contributed by atoms with Crippen LogP contribution >= 0.6 is 11.6 Å². The highest BCUT2D eigenvalue weighted by Crippen LogP contribution is 2.38. The number of aromatic nitrogens is 2. The van der Waals surface area contributed by atoms with Gasteiger partial charge in [0.2, 0.25) is 5.28 Å². The largest absolute Gasteiger partial charge is 0.508 e. The molecular formula is C27H24ClN3O3. The number of hydrogen-bond acceptors (Lipinski definition) is 5. The Bertz CT molecular complexity index is 1380. The second kappa shape index (κ2) is 8.61. The predicted octanol–water partition coefficient (Wildman–Crippen LogP) is 5.71. The van der Waals surface area contributed by atoms with E-state index in [1.54, 1.807) is 4.90 Å². The Kier molecular flexibility index (Phi) is 5.62. The Morgan fingerprint density at radius 2 is 1.97 bits per heavy atom. The molecular weight excluding hydrogens is 450 g/mol. The summed E-state index contributed by atoms with van der Waals surface area (Å²) in [5.74, 6) is -0.634. The number of nitrogens with zero attached hydrogens (tertiary/aromatic N) is 3. The Labute approximate surface area is 202 Å². The number of rotatable bonds is 2. The first-order chi connectivity index (χ1) is 16.3. The molecule has 5 rings (SSSR count). The number of aromatic hydroxyl groups is 2. The Hall–Kier alpha value is -3.64. The van der Waals surface area contributed by atoms with E-state index < -0.39 is 0 Å². The van der Waals surface area contributed by atoms with Crippen molar-refractivity contribution in [3.05, 3.63) is 81.8 Å². The van der Waals surface area contributed by atoms with Crippen molar-refractivity contribution in [2.45, 2.75) is 39.2 Å². The summed E-state index contributed by atoms with van der Waals surface area (Å²) in [4.78, 5) is 24.1. The molecule has 1 amide bonds. The number of anilines is 1. The fourth-order valence-electron chi connectivity index (χ4n) is 4.69. The Balaban J connectivity index is 1.57. The number of carbonyl (C=O) groups is 1. The van der Waals surface area contributed by atoms with Crippen LogP contribution in [-0.4, -0.2) is 32.1 Å². The van der Waals surface area contributed by atoms with E-state index in [1.165, 1.54) is 23.8 Å². The fourth-order valence-corrected chi connectivity index (χ4v) is 4.87. The lowest BCUT2D eigenvalue weighted by molar-refractivity contribution is 0.0972. The molecule has 6 nitrogen and oxygen atoms in total. The molecule has 0 bridgehead atoms. The molecule has 2 N–H and O–H groups in total. The molecule has 0 saturated heterocycles. The van der Waals surface area contributed by atoms with Gasteiger partial charge in [-0.05, 0) is 68.1 Å². The van der Waals surface area contributed by atoms with Gasteiger partial charge in [-0.2, -0.15) is 0 Å². The number of halogens is 1. The lowest BCUT2D eigenvalue weighted by Crippen LogP contribution is -2.42. The van der Waals surface area contributed by atoms with Crippen molar-refractivity contribution in [2.24, 2.45) is 0 Å². The van der Waals surface area contributed by atoms with Gasteiger partial charge in [0.05, 0.1) is 17.0 Å². The van der Waals surface area contributed by atoms with Crippen molar-refractivity contribution in [3.63, 3.8) is 0 Å². The molecule has 3 aromatic rings. The summed E-state index contributed by atoms with van der Waals surface area (Å²) in [5, 5.41) is 20.1. The van der Waals surface area contributed by atoms with Gasteiger partial charge in [0.25, 0.3) is 5.91 Å². The van der Waals surface area contributed by atoms with Gasteiger partial charge in [-0.15, -0.1) is 0 Å². The minimum atomic E-state index is -0.304. The number of phenols is 2. The first-order valence-corrected chi connectivity index (χ1v) is 11.6. The summed E-state index contributed by atoms with van der Waals surface area (Å²) in [6, 6.07) is 9.94. The van der Waals surface area contributed by atoms with Crippen LogP contribution in [0.5, 0.6) is 11.5 Å². The first kappa shape index (κ1) is 22.2. The van der Waals surface area contributed by atoms with Gasteiger partial charge in [-0.1, -0.05) is 29.9 Å². The molecule has 172 valence electrons. The number of phenolic OH excluding ortho intramolecular Hbond substituents is 2. The van der Waals surface area contributed by atoms with E-state index in [9.17, 15) is 15.0 Å². The highest BCUT2D eigenvalue weighted by Gasteiger charge is 2.31. The minimum Gasteiger partial charge on any atom is -0.508 e. The highest BCUT2D eigenvalue weighted by molar-refractivity contribution is 6.28. The predicted molar refractivity (Wildman–Crippen MR) is 133 cm³/mol. The molecule has 0 fully saturated rings. The number of fused-ring (bicyclic) bond motifs is 2. The van der Waals surface area contributed by atoms with E-state index in [-0.39, 0.29) is 34.3 Å². The van der Waals surface area contributed by atoms with Crippen LogP contribution in [0.1, 0.15) is 47.4 Å². The first-order valence-electron chi connectivity index (χ1n) is 11.2. The smallest absolute Gasteiger partial charge is 0.262 e. The van der Waals surface area contributed by atoms with Crippen molar-refractivity contribution in [3.8, 4) is 22.8 Å². The molecule has 2 aliphatic rings. The molecule has 2 aromatic carbocycles. The number of carbonyl (C=O) groups excluding carboxylic acids is 1. The maximum atomic E-state index is 13.4. The molecule has 0 spiro atoms. The lowest BCUT2D eigenvalue weighted by Gasteiger charge is -2.35. The zero-order valence-electron chi connectivity index (χ0n) is 18.9. The molecule has 2 heterocycles. The second-order valence-electron chi connectivity index (χ2n) is 8.86. The van der Waals surface area contributed by atoms with Crippen LogP contribution < -0.4 is 4.90 Å². The molecule has 1 unspecified atom stereocenters. The number of aryl methyl sites for hydroxylation is 1. The van der Waals surface area contributed by atoms with E-state index in [2.05, 4.69) is 29.0 Å². The summed E-state index contributed by atoms with van der Waals surface area (Å²) >= 11 is 6.29. The quantitative estimate of drug-likeness (QED) is 0.466. The zero-order chi connectivity index (χ0) is 24.0. The topological polar surface area (TPSA) is 86.6 Å². The monoisotopic (exact) mass is 473 g/mol. The maximum absolute atomic E-state index is 13.4. The number of amides is 1. The lowest BCUT2D eigenvalue weighted by atomic mass is 9.92. The fraction of sp³-hybridized carbons (Fsp3) is 0.222. The zero-order valence-corrected chi connectivity index (χ0v) is 19.7. The molecule has 0 saturated carbocycles. The molecule has 1 atom stereocenters. The van der Waals surface area contributed by atoms with Crippen molar-refractivity contribution in [1.29, 1.82) is 0 Å². The third-order valence-electron chi connectivity index (χ3n) is 6.40. The van der Waals surface area contributed by atoms with Gasteiger partial charge < -0.3 is 15.1 Å². The third kappa shape index (κ3) is 3.94. The standard InChI is InChI=1S/C27H24ClN3O3/c1-15-4-3-5-20-22(12-15)29-27(28)30-25(20)18-8-11-23-17(13-18)7-6-16(2)31(23)26(34)21-10-9-19(32)14-24(21)33/h3-5,8-11,13-14,16,32-33H,6-7,12H2,1-2H3. The number of allylic oxidation sites excluding steroid dienone is 3. The molecule has 34 heavy (non-hydrogen) atoms. The van der Waals surface area contributed by atoms with Gasteiger partial charge in [0, 0.05) is 35.3 Å². The Morgan fingerprint density at radius 1 is 1.15 bits per heavy atom. The molecule has 0 radical (unpaired) electrons. The average molecular weight is 474 g/mol.